The van der Waals surface area contributed by atoms with Crippen molar-refractivity contribution in [2.75, 3.05) is 32.0 Å². The molecule has 1 fully saturated rings. The molecule has 1 unspecified atom stereocenters. The Kier molecular flexibility index (Phi) is 5.32. The first kappa shape index (κ1) is 18.5. The molecule has 2 aromatic carbocycles. The van der Waals surface area contributed by atoms with Gasteiger partial charge < -0.3 is 14.2 Å². The van der Waals surface area contributed by atoms with Gasteiger partial charge in [-0.15, -0.1) is 11.8 Å². The van der Waals surface area contributed by atoms with Crippen LogP contribution in [0.3, 0.4) is 0 Å². The highest BCUT2D eigenvalue weighted by molar-refractivity contribution is 8.00. The summed E-state index contributed by atoms with van der Waals surface area (Å²) in [6.07, 6.45) is 0. The summed E-state index contributed by atoms with van der Waals surface area (Å²) in [6.45, 7) is 4.08. The molecule has 6 heteroatoms. The molecule has 138 valence electrons. The van der Waals surface area contributed by atoms with Crippen LogP contribution in [0, 0.1) is 13.8 Å². The lowest BCUT2D eigenvalue weighted by Crippen LogP contribution is -2.28. The standard InChI is InChI=1S/C20H23NO4S/c1-12-6-13(2)8-15(7-12)21-18(22)11-26-20(21)14-9-16(23-3)19(25-5)17(10-14)24-4/h6-10,20H,11H2,1-5H3. The molecule has 0 radical (unpaired) electrons. The molecule has 0 aliphatic carbocycles. The minimum Gasteiger partial charge on any atom is -0.493 e. The largest absolute Gasteiger partial charge is 0.493 e. The average Bonchev–Trinajstić information content (AvgIpc) is 3.01. The maximum Gasteiger partial charge on any atom is 0.238 e. The fourth-order valence-corrected chi connectivity index (χ4v) is 4.44. The van der Waals surface area contributed by atoms with Crippen LogP contribution < -0.4 is 19.1 Å². The number of carbonyl (C=O) groups excluding carboxylic acids is 1. The van der Waals surface area contributed by atoms with Gasteiger partial charge in [0.25, 0.3) is 0 Å². The SMILES string of the molecule is COc1cc(C2SCC(=O)N2c2cc(C)cc(C)c2)cc(OC)c1OC. The van der Waals surface area contributed by atoms with Crippen LogP contribution in [0.25, 0.3) is 0 Å². The van der Waals surface area contributed by atoms with Gasteiger partial charge in [-0.2, -0.15) is 0 Å². The molecule has 2 aromatic rings. The Morgan fingerprint density at radius 3 is 2.00 bits per heavy atom. The summed E-state index contributed by atoms with van der Waals surface area (Å²) in [6, 6.07) is 10.0. The Bertz CT molecular complexity index is 791. The van der Waals surface area contributed by atoms with Crippen molar-refractivity contribution in [2.45, 2.75) is 19.2 Å². The van der Waals surface area contributed by atoms with Crippen LogP contribution >= 0.6 is 11.8 Å². The fourth-order valence-electron chi connectivity index (χ4n) is 3.28. The molecule has 1 heterocycles. The maximum absolute atomic E-state index is 12.6. The zero-order valence-corrected chi connectivity index (χ0v) is 16.5. The van der Waals surface area contributed by atoms with Crippen molar-refractivity contribution in [2.24, 2.45) is 0 Å². The second-order valence-corrected chi connectivity index (χ2v) is 7.30. The van der Waals surface area contributed by atoms with E-state index in [1.807, 2.05) is 43.0 Å². The van der Waals surface area contributed by atoms with Crippen molar-refractivity contribution in [1.29, 1.82) is 0 Å². The highest BCUT2D eigenvalue weighted by Gasteiger charge is 2.35. The van der Waals surface area contributed by atoms with E-state index >= 15 is 0 Å². The van der Waals surface area contributed by atoms with Gasteiger partial charge in [0.2, 0.25) is 11.7 Å². The van der Waals surface area contributed by atoms with Crippen LogP contribution in [0.5, 0.6) is 17.2 Å². The van der Waals surface area contributed by atoms with Crippen LogP contribution in [0.1, 0.15) is 22.1 Å². The molecule has 1 aliphatic heterocycles. The van der Waals surface area contributed by atoms with Crippen molar-refractivity contribution in [1.82, 2.24) is 0 Å². The topological polar surface area (TPSA) is 48.0 Å². The van der Waals surface area contributed by atoms with Gasteiger partial charge >= 0.3 is 0 Å². The van der Waals surface area contributed by atoms with Crippen LogP contribution in [0.15, 0.2) is 30.3 Å². The van der Waals surface area contributed by atoms with Gasteiger partial charge in [-0.3, -0.25) is 9.69 Å². The normalized spacial score (nSPS) is 16.7. The summed E-state index contributed by atoms with van der Waals surface area (Å²) in [5, 5.41) is -0.141. The third-order valence-electron chi connectivity index (χ3n) is 4.32. The van der Waals surface area contributed by atoms with Gasteiger partial charge in [-0.25, -0.2) is 0 Å². The average molecular weight is 373 g/mol. The summed E-state index contributed by atoms with van der Waals surface area (Å²) < 4.78 is 16.3. The molecule has 0 saturated carbocycles. The maximum atomic E-state index is 12.6. The molecule has 1 saturated heterocycles. The number of methoxy groups -OCH3 is 3. The predicted octanol–water partition coefficient (Wildman–Crippen LogP) is 4.11. The van der Waals surface area contributed by atoms with E-state index in [2.05, 4.69) is 6.07 Å². The summed E-state index contributed by atoms with van der Waals surface area (Å²) in [5.74, 6) is 2.25. The molecule has 0 aromatic heterocycles. The van der Waals surface area contributed by atoms with Crippen LogP contribution in [0.4, 0.5) is 5.69 Å². The molecule has 26 heavy (non-hydrogen) atoms. The second kappa shape index (κ2) is 7.50. The predicted molar refractivity (Wildman–Crippen MR) is 105 cm³/mol. The van der Waals surface area contributed by atoms with Gasteiger partial charge in [0.05, 0.1) is 27.1 Å². The Morgan fingerprint density at radius 2 is 1.50 bits per heavy atom. The highest BCUT2D eigenvalue weighted by atomic mass is 32.2. The van der Waals surface area contributed by atoms with Crippen molar-refractivity contribution >= 4 is 23.4 Å². The van der Waals surface area contributed by atoms with Crippen molar-refractivity contribution in [3.8, 4) is 17.2 Å². The van der Waals surface area contributed by atoms with Crippen molar-refractivity contribution in [3.05, 3.63) is 47.0 Å². The summed E-state index contributed by atoms with van der Waals surface area (Å²) in [5.41, 5.74) is 4.12. The van der Waals surface area contributed by atoms with E-state index in [1.165, 1.54) is 0 Å². The number of rotatable bonds is 5. The van der Waals surface area contributed by atoms with Crippen molar-refractivity contribution < 1.29 is 19.0 Å². The lowest BCUT2D eigenvalue weighted by atomic mass is 10.1. The molecular weight excluding hydrogens is 350 g/mol. The number of benzene rings is 2. The quantitative estimate of drug-likeness (QED) is 0.789. The Hall–Kier alpha value is -2.34. The molecule has 0 N–H and O–H groups in total. The molecule has 5 nitrogen and oxygen atoms in total. The van der Waals surface area contributed by atoms with Gasteiger partial charge in [0, 0.05) is 5.69 Å². The smallest absolute Gasteiger partial charge is 0.238 e. The van der Waals surface area contributed by atoms with Gasteiger partial charge in [-0.05, 0) is 54.8 Å². The van der Waals surface area contributed by atoms with Crippen molar-refractivity contribution in [3.63, 3.8) is 0 Å². The zero-order valence-electron chi connectivity index (χ0n) is 15.7. The first-order valence-electron chi connectivity index (χ1n) is 8.30. The molecule has 1 aliphatic rings. The van der Waals surface area contributed by atoms with E-state index in [4.69, 9.17) is 14.2 Å². The number of aryl methyl sites for hydroxylation is 2. The van der Waals surface area contributed by atoms with Gasteiger partial charge in [0.1, 0.15) is 5.37 Å². The summed E-state index contributed by atoms with van der Waals surface area (Å²) >= 11 is 1.59. The van der Waals surface area contributed by atoms with E-state index in [0.29, 0.717) is 23.0 Å². The molecule has 0 bridgehead atoms. The lowest BCUT2D eigenvalue weighted by Gasteiger charge is -2.26. The Morgan fingerprint density at radius 1 is 0.923 bits per heavy atom. The molecule has 3 rings (SSSR count). The van der Waals surface area contributed by atoms with Gasteiger partial charge in [-0.1, -0.05) is 6.07 Å². The molecule has 1 atom stereocenters. The van der Waals surface area contributed by atoms with Crippen LogP contribution in [-0.2, 0) is 4.79 Å². The second-order valence-electron chi connectivity index (χ2n) is 6.23. The zero-order chi connectivity index (χ0) is 18.8. The first-order valence-corrected chi connectivity index (χ1v) is 9.35. The molecular formula is C20H23NO4S. The minimum absolute atomic E-state index is 0.0961. The van der Waals surface area contributed by atoms with E-state index in [1.54, 1.807) is 33.1 Å². The monoisotopic (exact) mass is 373 g/mol. The highest BCUT2D eigenvalue weighted by Crippen LogP contribution is 2.47. The van der Waals surface area contributed by atoms with E-state index < -0.39 is 0 Å². The minimum atomic E-state index is -0.141. The third kappa shape index (κ3) is 3.33. The Labute approximate surface area is 158 Å². The Balaban J connectivity index is 2.08. The number of amides is 1. The number of ether oxygens (including phenoxy) is 3. The van der Waals surface area contributed by atoms with E-state index in [-0.39, 0.29) is 11.3 Å². The lowest BCUT2D eigenvalue weighted by molar-refractivity contribution is -0.115. The number of hydrogen-bond donors (Lipinski definition) is 0. The molecule has 1 amide bonds. The fraction of sp³-hybridized carbons (Fsp3) is 0.350. The number of carbonyl (C=O) groups is 1. The number of nitrogens with zero attached hydrogens (tertiary/aromatic N) is 1. The van der Waals surface area contributed by atoms with E-state index in [9.17, 15) is 4.79 Å². The van der Waals surface area contributed by atoms with Crippen LogP contribution in [-0.4, -0.2) is 33.0 Å². The summed E-state index contributed by atoms with van der Waals surface area (Å²) in [4.78, 5) is 14.5. The van der Waals surface area contributed by atoms with Gasteiger partial charge in [0.15, 0.2) is 11.5 Å². The molecule has 0 spiro atoms. The van der Waals surface area contributed by atoms with Crippen LogP contribution in [0.2, 0.25) is 0 Å². The number of thioether (sulfide) groups is 1. The van der Waals surface area contributed by atoms with E-state index in [0.717, 1.165) is 22.4 Å². The number of anilines is 1. The first-order chi connectivity index (χ1) is 12.5. The third-order valence-corrected chi connectivity index (χ3v) is 5.54. The number of hydrogen-bond acceptors (Lipinski definition) is 5. The summed E-state index contributed by atoms with van der Waals surface area (Å²) in [7, 11) is 4.77.